The highest BCUT2D eigenvalue weighted by atomic mass is 35.5. The molecule has 0 spiro atoms. The van der Waals surface area contributed by atoms with Crippen molar-refractivity contribution in [3.63, 3.8) is 0 Å². The molecule has 0 bridgehead atoms. The number of benzene rings is 1. The molecule has 0 radical (unpaired) electrons. The van der Waals surface area contributed by atoms with E-state index < -0.39 is 23.9 Å². The normalized spacial score (nSPS) is 11.9. The monoisotopic (exact) mass is 373 g/mol. The number of nitrogens with zero attached hydrogens (tertiary/aromatic N) is 1. The lowest BCUT2D eigenvalue weighted by Gasteiger charge is -2.18. The van der Waals surface area contributed by atoms with E-state index in [-0.39, 0.29) is 23.4 Å². The third-order valence-electron chi connectivity index (χ3n) is 3.84. The van der Waals surface area contributed by atoms with E-state index in [0.29, 0.717) is 10.6 Å². The Labute approximate surface area is 149 Å². The van der Waals surface area contributed by atoms with E-state index in [2.05, 4.69) is 0 Å². The first-order valence-electron chi connectivity index (χ1n) is 7.84. The van der Waals surface area contributed by atoms with Gasteiger partial charge in [-0.15, -0.1) is 0 Å². The molecule has 0 saturated heterocycles. The van der Waals surface area contributed by atoms with Gasteiger partial charge in [-0.25, -0.2) is 4.79 Å². The van der Waals surface area contributed by atoms with E-state index in [1.165, 1.54) is 6.92 Å². The van der Waals surface area contributed by atoms with Crippen LogP contribution in [0.25, 0.3) is 11.1 Å². The van der Waals surface area contributed by atoms with Crippen LogP contribution < -0.4 is 0 Å². The second-order valence-corrected chi connectivity index (χ2v) is 6.32. The molecule has 0 saturated carbocycles. The van der Waals surface area contributed by atoms with Crippen LogP contribution in [0.5, 0.6) is 0 Å². The van der Waals surface area contributed by atoms with Gasteiger partial charge in [0, 0.05) is 16.6 Å². The van der Waals surface area contributed by atoms with Crippen LogP contribution in [0.3, 0.4) is 0 Å². The SMILES string of the molecule is CCOC(=O)c1c(-c2ccc(Cl)cc2)c(C)c(C(F)(F)F)n1C(C)C. The molecule has 3 nitrogen and oxygen atoms in total. The molecule has 0 aliphatic heterocycles. The van der Waals surface area contributed by atoms with Crippen LogP contribution in [0.2, 0.25) is 5.02 Å². The van der Waals surface area contributed by atoms with Gasteiger partial charge in [0.25, 0.3) is 0 Å². The van der Waals surface area contributed by atoms with Crippen LogP contribution in [-0.4, -0.2) is 17.1 Å². The van der Waals surface area contributed by atoms with E-state index in [9.17, 15) is 18.0 Å². The smallest absolute Gasteiger partial charge is 0.431 e. The molecule has 2 rings (SSSR count). The van der Waals surface area contributed by atoms with Crippen molar-refractivity contribution in [1.29, 1.82) is 0 Å². The summed E-state index contributed by atoms with van der Waals surface area (Å²) in [5, 5.41) is 0.457. The van der Waals surface area contributed by atoms with Crippen molar-refractivity contribution in [2.45, 2.75) is 39.9 Å². The van der Waals surface area contributed by atoms with Gasteiger partial charge in [-0.05, 0) is 51.0 Å². The molecule has 1 aromatic heterocycles. The fourth-order valence-electron chi connectivity index (χ4n) is 2.94. The van der Waals surface area contributed by atoms with Crippen LogP contribution in [0, 0.1) is 6.92 Å². The summed E-state index contributed by atoms with van der Waals surface area (Å²) in [7, 11) is 0. The Hall–Kier alpha value is -1.95. The summed E-state index contributed by atoms with van der Waals surface area (Å²) in [5.74, 6) is -0.778. The predicted octanol–water partition coefficient (Wildman–Crippen LogP) is 5.89. The van der Waals surface area contributed by atoms with Gasteiger partial charge in [-0.3, -0.25) is 0 Å². The highest BCUT2D eigenvalue weighted by Crippen LogP contribution is 2.42. The summed E-state index contributed by atoms with van der Waals surface area (Å²) in [6, 6.07) is 5.77. The molecular formula is C18H19ClF3NO2. The number of ether oxygens (including phenoxy) is 1. The Morgan fingerprint density at radius 1 is 1.24 bits per heavy atom. The zero-order valence-corrected chi connectivity index (χ0v) is 15.1. The van der Waals surface area contributed by atoms with Crippen molar-refractivity contribution in [2.24, 2.45) is 0 Å². The van der Waals surface area contributed by atoms with E-state index in [1.807, 2.05) is 0 Å². The first kappa shape index (κ1) is 19.4. The predicted molar refractivity (Wildman–Crippen MR) is 91.0 cm³/mol. The van der Waals surface area contributed by atoms with Crippen LogP contribution >= 0.6 is 11.6 Å². The van der Waals surface area contributed by atoms with Crippen LogP contribution in [-0.2, 0) is 10.9 Å². The largest absolute Gasteiger partial charge is 0.461 e. The molecular weight excluding hydrogens is 355 g/mol. The van der Waals surface area contributed by atoms with Crippen LogP contribution in [0.4, 0.5) is 13.2 Å². The van der Waals surface area contributed by atoms with Crippen molar-refractivity contribution in [2.75, 3.05) is 6.61 Å². The van der Waals surface area contributed by atoms with Gasteiger partial charge in [0.1, 0.15) is 11.4 Å². The zero-order valence-electron chi connectivity index (χ0n) is 14.4. The molecule has 0 aliphatic rings. The highest BCUT2D eigenvalue weighted by Gasteiger charge is 2.42. The average molecular weight is 374 g/mol. The number of hydrogen-bond acceptors (Lipinski definition) is 2. The second kappa shape index (κ2) is 7.12. The summed E-state index contributed by atoms with van der Waals surface area (Å²) in [5.41, 5.74) is -0.239. The van der Waals surface area contributed by atoms with Crippen molar-refractivity contribution < 1.29 is 22.7 Å². The Bertz CT molecular complexity index is 777. The molecule has 1 heterocycles. The number of halogens is 4. The fourth-order valence-corrected chi connectivity index (χ4v) is 3.07. The maximum absolute atomic E-state index is 13.7. The Morgan fingerprint density at radius 3 is 2.24 bits per heavy atom. The summed E-state index contributed by atoms with van der Waals surface area (Å²) in [6.45, 7) is 6.25. The van der Waals surface area contributed by atoms with E-state index >= 15 is 0 Å². The molecule has 0 aliphatic carbocycles. The number of alkyl halides is 3. The minimum Gasteiger partial charge on any atom is -0.461 e. The van der Waals surface area contributed by atoms with Crippen molar-refractivity contribution in [3.05, 3.63) is 46.2 Å². The van der Waals surface area contributed by atoms with Crippen molar-refractivity contribution >= 4 is 17.6 Å². The van der Waals surface area contributed by atoms with E-state index in [1.54, 1.807) is 45.0 Å². The molecule has 0 N–H and O–H groups in total. The van der Waals surface area contributed by atoms with Gasteiger partial charge in [0.2, 0.25) is 0 Å². The minimum absolute atomic E-state index is 0.00780. The topological polar surface area (TPSA) is 31.2 Å². The third kappa shape index (κ3) is 3.68. The zero-order chi connectivity index (χ0) is 18.9. The third-order valence-corrected chi connectivity index (χ3v) is 4.09. The first-order chi connectivity index (χ1) is 11.6. The Morgan fingerprint density at radius 2 is 1.80 bits per heavy atom. The number of esters is 1. The first-order valence-corrected chi connectivity index (χ1v) is 8.22. The summed E-state index contributed by atoms with van der Waals surface area (Å²) >= 11 is 5.87. The maximum atomic E-state index is 13.7. The van der Waals surface area contributed by atoms with Gasteiger partial charge in [-0.1, -0.05) is 23.7 Å². The molecule has 0 atom stereocenters. The van der Waals surface area contributed by atoms with Crippen molar-refractivity contribution in [3.8, 4) is 11.1 Å². The Kier molecular flexibility index (Phi) is 5.52. The summed E-state index contributed by atoms with van der Waals surface area (Å²) in [6.07, 6.45) is -4.60. The van der Waals surface area contributed by atoms with Gasteiger partial charge in [0.15, 0.2) is 0 Å². The van der Waals surface area contributed by atoms with E-state index in [0.717, 1.165) is 4.57 Å². The molecule has 136 valence electrons. The quantitative estimate of drug-likeness (QED) is 0.625. The lowest BCUT2D eigenvalue weighted by molar-refractivity contribution is -0.144. The molecule has 0 fully saturated rings. The fraction of sp³-hybridized carbons (Fsp3) is 0.389. The minimum atomic E-state index is -4.60. The van der Waals surface area contributed by atoms with Gasteiger partial charge < -0.3 is 9.30 Å². The number of carbonyl (C=O) groups excluding carboxylic acids is 1. The van der Waals surface area contributed by atoms with Gasteiger partial charge in [0.05, 0.1) is 6.61 Å². The molecule has 1 aromatic carbocycles. The summed E-state index contributed by atoms with van der Waals surface area (Å²) in [4.78, 5) is 12.5. The second-order valence-electron chi connectivity index (χ2n) is 5.89. The molecule has 0 unspecified atom stereocenters. The Balaban J connectivity index is 2.89. The molecule has 7 heteroatoms. The lowest BCUT2D eigenvalue weighted by atomic mass is 10.0. The number of rotatable bonds is 4. The lowest BCUT2D eigenvalue weighted by Crippen LogP contribution is -2.21. The average Bonchev–Trinajstić information content (AvgIpc) is 2.82. The number of aromatic nitrogens is 1. The van der Waals surface area contributed by atoms with Crippen molar-refractivity contribution in [1.82, 2.24) is 4.57 Å². The molecule has 2 aromatic rings. The maximum Gasteiger partial charge on any atom is 0.431 e. The number of carbonyl (C=O) groups is 1. The summed E-state index contributed by atoms with van der Waals surface area (Å²) < 4.78 is 47.1. The van der Waals surface area contributed by atoms with Gasteiger partial charge >= 0.3 is 12.1 Å². The van der Waals surface area contributed by atoms with Crippen LogP contribution in [0.1, 0.15) is 48.6 Å². The standard InChI is InChI=1S/C18H19ClF3NO2/c1-5-25-17(24)15-14(12-6-8-13(19)9-7-12)11(4)16(18(20,21)22)23(15)10(2)3/h6-10H,5H2,1-4H3. The molecule has 25 heavy (non-hydrogen) atoms. The van der Waals surface area contributed by atoms with Gasteiger partial charge in [-0.2, -0.15) is 13.2 Å². The van der Waals surface area contributed by atoms with Crippen LogP contribution in [0.15, 0.2) is 24.3 Å². The highest BCUT2D eigenvalue weighted by molar-refractivity contribution is 6.30. The molecule has 0 amide bonds. The number of hydrogen-bond donors (Lipinski definition) is 0. The van der Waals surface area contributed by atoms with E-state index in [4.69, 9.17) is 16.3 Å².